The van der Waals surface area contributed by atoms with Crippen LogP contribution in [0.25, 0.3) is 10.8 Å². The Kier molecular flexibility index (Phi) is 11.5. The number of hydrogen-bond acceptors (Lipinski definition) is 10. The van der Waals surface area contributed by atoms with Crippen molar-refractivity contribution in [3.8, 4) is 11.8 Å². The summed E-state index contributed by atoms with van der Waals surface area (Å²) in [4.78, 5) is 63.1. The van der Waals surface area contributed by atoms with Crippen LogP contribution in [0.2, 0.25) is 0 Å². The van der Waals surface area contributed by atoms with Crippen molar-refractivity contribution >= 4 is 44.4 Å². The Labute approximate surface area is 325 Å². The van der Waals surface area contributed by atoms with Crippen molar-refractivity contribution in [2.75, 3.05) is 13.2 Å². The molecule has 0 bridgehead atoms. The second-order valence-electron chi connectivity index (χ2n) is 17.6. The van der Waals surface area contributed by atoms with Crippen LogP contribution < -0.4 is 14.2 Å². The molecule has 1 aromatic carbocycles. The molecule has 2 saturated carbocycles. The van der Waals surface area contributed by atoms with E-state index in [-0.39, 0.29) is 55.3 Å². The molecule has 3 heterocycles. The first-order valence-corrected chi connectivity index (χ1v) is 21.3. The standard InChI is InChI=1S/C42H57N3O9S/c1-8-52-35-20-28-14-10-12-16-31(28)37(43-35)53-30-21-33-34(46)24-42(39(49)44-55(50,51)41(7)17-18-41)23-29(42)15-11-9-13-26(2)19-27(3)32(38(48)45(33)25-30)22-36(47)54-40(4,5)6/h10-12,14-16,20,26-27,29-30,32-33H,8-9,13,17-19,21-25H2,1-7H3,(H,44,49)/b15-11-/t26-,27+,29+,30+,32-,33-,42+/m0/s1. The molecule has 2 aliphatic heterocycles. The molecule has 6 rings (SSSR count). The highest BCUT2D eigenvalue weighted by molar-refractivity contribution is 7.91. The summed E-state index contributed by atoms with van der Waals surface area (Å²) in [5.41, 5.74) is -2.02. The number of ether oxygens (including phenoxy) is 3. The summed E-state index contributed by atoms with van der Waals surface area (Å²) in [5, 5.41) is 1.60. The van der Waals surface area contributed by atoms with Crippen molar-refractivity contribution < 1.29 is 41.8 Å². The zero-order valence-electron chi connectivity index (χ0n) is 33.3. The molecule has 7 atom stereocenters. The molecule has 55 heavy (non-hydrogen) atoms. The quantitative estimate of drug-likeness (QED) is 0.226. The summed E-state index contributed by atoms with van der Waals surface area (Å²) >= 11 is 0. The minimum Gasteiger partial charge on any atom is -0.478 e. The van der Waals surface area contributed by atoms with Crippen molar-refractivity contribution in [2.45, 2.75) is 129 Å². The van der Waals surface area contributed by atoms with E-state index in [1.807, 2.05) is 56.3 Å². The lowest BCUT2D eigenvalue weighted by molar-refractivity contribution is -0.160. The van der Waals surface area contributed by atoms with Gasteiger partial charge in [0.05, 0.1) is 41.7 Å². The van der Waals surface area contributed by atoms with Gasteiger partial charge < -0.3 is 19.1 Å². The van der Waals surface area contributed by atoms with E-state index in [1.165, 1.54) is 4.90 Å². The third-order valence-corrected chi connectivity index (χ3v) is 14.0. The average molecular weight is 780 g/mol. The normalized spacial score (nSPS) is 30.3. The van der Waals surface area contributed by atoms with Crippen LogP contribution in [0.5, 0.6) is 11.8 Å². The molecule has 4 aliphatic rings. The predicted octanol–water partition coefficient (Wildman–Crippen LogP) is 6.31. The van der Waals surface area contributed by atoms with Gasteiger partial charge in [-0.3, -0.25) is 23.9 Å². The molecule has 13 heteroatoms. The third kappa shape index (κ3) is 9.02. The van der Waals surface area contributed by atoms with Gasteiger partial charge in [-0.15, -0.1) is 0 Å². The molecule has 0 unspecified atom stereocenters. The summed E-state index contributed by atoms with van der Waals surface area (Å²) in [6, 6.07) is 8.44. The van der Waals surface area contributed by atoms with Gasteiger partial charge in [-0.1, -0.05) is 44.2 Å². The highest BCUT2D eigenvalue weighted by atomic mass is 32.2. The van der Waals surface area contributed by atoms with Crippen molar-refractivity contribution in [3.05, 3.63) is 42.5 Å². The number of fused-ring (bicyclic) bond motifs is 3. The highest BCUT2D eigenvalue weighted by Crippen LogP contribution is 2.57. The Morgan fingerprint density at radius 1 is 1.09 bits per heavy atom. The lowest BCUT2D eigenvalue weighted by Crippen LogP contribution is -2.48. The van der Waals surface area contributed by atoms with E-state index in [0.29, 0.717) is 44.1 Å². The minimum absolute atomic E-state index is 0.0481. The molecule has 1 saturated heterocycles. The number of ketones is 1. The fourth-order valence-electron chi connectivity index (χ4n) is 8.26. The molecule has 1 N–H and O–H groups in total. The number of sulfonamides is 1. The Bertz CT molecular complexity index is 1950. The number of Topliss-reactive ketones (excluding diaryl/α,β-unsaturated/α-hetero) is 1. The van der Waals surface area contributed by atoms with Crippen molar-refractivity contribution in [1.82, 2.24) is 14.6 Å². The number of pyridine rings is 1. The number of amides is 2. The molecule has 12 nitrogen and oxygen atoms in total. The summed E-state index contributed by atoms with van der Waals surface area (Å²) in [6.07, 6.45) is 6.49. The van der Waals surface area contributed by atoms with Crippen molar-refractivity contribution in [2.24, 2.45) is 29.1 Å². The number of nitrogens with one attached hydrogen (secondary N) is 1. The first-order chi connectivity index (χ1) is 25.8. The summed E-state index contributed by atoms with van der Waals surface area (Å²) in [5.74, 6) is -2.29. The first kappa shape index (κ1) is 40.7. The van der Waals surface area contributed by atoms with E-state index in [2.05, 4.69) is 16.6 Å². The number of benzene rings is 1. The van der Waals surface area contributed by atoms with Gasteiger partial charge in [0.25, 0.3) is 0 Å². The van der Waals surface area contributed by atoms with Gasteiger partial charge in [-0.25, -0.2) is 8.42 Å². The lowest BCUT2D eigenvalue weighted by Gasteiger charge is -2.32. The molecule has 2 aliphatic carbocycles. The zero-order valence-corrected chi connectivity index (χ0v) is 34.1. The van der Waals surface area contributed by atoms with Gasteiger partial charge in [0.15, 0.2) is 5.78 Å². The van der Waals surface area contributed by atoms with Gasteiger partial charge in [-0.2, -0.15) is 4.98 Å². The topological polar surface area (TPSA) is 158 Å². The third-order valence-electron chi connectivity index (χ3n) is 11.9. The maximum absolute atomic E-state index is 14.9. The molecular weight excluding hydrogens is 723 g/mol. The Hall–Kier alpha value is -4.00. The van der Waals surface area contributed by atoms with E-state index in [9.17, 15) is 27.6 Å². The van der Waals surface area contributed by atoms with Crippen LogP contribution >= 0.6 is 0 Å². The Morgan fingerprint density at radius 2 is 1.82 bits per heavy atom. The number of nitrogens with zero attached hydrogens (tertiary/aromatic N) is 2. The predicted molar refractivity (Wildman–Crippen MR) is 208 cm³/mol. The average Bonchev–Trinajstić information content (AvgIpc) is 3.98. The number of hydrogen-bond donors (Lipinski definition) is 1. The number of carbonyl (C=O) groups is 4. The van der Waals surface area contributed by atoms with Crippen LogP contribution in [0, 0.1) is 29.1 Å². The van der Waals surface area contributed by atoms with E-state index in [1.54, 1.807) is 27.7 Å². The SMILES string of the molecule is CCOc1cc2ccccc2c(O[C@@H]2C[C@H]3C(=O)C[C@]4(C(=O)NS(=O)(=O)C5(C)CC5)C[C@H]4/C=C\CC[C@H](C)C[C@@H](C)[C@H](CC(=O)OC(C)(C)C)C(=O)N3C2)n1. The van der Waals surface area contributed by atoms with E-state index in [0.717, 1.165) is 23.6 Å². The van der Waals surface area contributed by atoms with E-state index in [4.69, 9.17) is 14.2 Å². The number of esters is 1. The van der Waals surface area contributed by atoms with Crippen LogP contribution in [0.4, 0.5) is 0 Å². The van der Waals surface area contributed by atoms with Gasteiger partial charge >= 0.3 is 5.97 Å². The number of allylic oxidation sites excluding steroid dienone is 2. The fourth-order valence-corrected chi connectivity index (χ4v) is 9.59. The van der Waals surface area contributed by atoms with Crippen LogP contribution in [0.15, 0.2) is 42.5 Å². The number of aromatic nitrogens is 1. The monoisotopic (exact) mass is 779 g/mol. The number of carbonyl (C=O) groups excluding carboxylic acids is 4. The van der Waals surface area contributed by atoms with Gasteiger partial charge in [0.1, 0.15) is 11.7 Å². The second kappa shape index (κ2) is 15.5. The lowest BCUT2D eigenvalue weighted by atomic mass is 9.82. The second-order valence-corrected chi connectivity index (χ2v) is 19.8. The molecule has 2 amide bonds. The maximum atomic E-state index is 14.9. The Morgan fingerprint density at radius 3 is 2.51 bits per heavy atom. The first-order valence-electron chi connectivity index (χ1n) is 19.8. The van der Waals surface area contributed by atoms with E-state index < -0.39 is 55.7 Å². The summed E-state index contributed by atoms with van der Waals surface area (Å²) < 4.78 is 45.8. The summed E-state index contributed by atoms with van der Waals surface area (Å²) in [7, 11) is -3.95. The molecule has 300 valence electrons. The van der Waals surface area contributed by atoms with Crippen LogP contribution in [-0.4, -0.2) is 77.5 Å². The van der Waals surface area contributed by atoms with Gasteiger partial charge in [0, 0.05) is 24.3 Å². The molecule has 3 fully saturated rings. The molecule has 1 aromatic heterocycles. The fraction of sp³-hybridized carbons (Fsp3) is 0.643. The molecule has 0 radical (unpaired) electrons. The highest BCUT2D eigenvalue weighted by Gasteiger charge is 2.62. The van der Waals surface area contributed by atoms with Crippen LogP contribution in [0.1, 0.15) is 106 Å². The van der Waals surface area contributed by atoms with Gasteiger partial charge in [-0.05, 0) is 102 Å². The number of rotatable bonds is 9. The van der Waals surface area contributed by atoms with Crippen molar-refractivity contribution in [1.29, 1.82) is 0 Å². The largest absolute Gasteiger partial charge is 0.478 e. The molecule has 0 spiro atoms. The zero-order chi connectivity index (χ0) is 39.9. The minimum atomic E-state index is -3.95. The van der Waals surface area contributed by atoms with E-state index >= 15 is 0 Å². The molecule has 2 aromatic rings. The van der Waals surface area contributed by atoms with Gasteiger partial charge in [0.2, 0.25) is 33.6 Å². The maximum Gasteiger partial charge on any atom is 0.307 e. The molecular formula is C42H57N3O9S. The Balaban J connectivity index is 1.36. The van der Waals surface area contributed by atoms with Crippen LogP contribution in [0.3, 0.4) is 0 Å². The van der Waals surface area contributed by atoms with Crippen LogP contribution in [-0.2, 0) is 33.9 Å². The summed E-state index contributed by atoms with van der Waals surface area (Å²) in [6.45, 7) is 13.4. The smallest absolute Gasteiger partial charge is 0.307 e. The van der Waals surface area contributed by atoms with Crippen molar-refractivity contribution in [3.63, 3.8) is 0 Å².